The van der Waals surface area contributed by atoms with Crippen LogP contribution in [0.2, 0.25) is 0 Å². The molecule has 7 heteroatoms. The number of carbonyl (C=O) groups excluding carboxylic acids is 2. The number of carbonyl (C=O) groups is 2. The Hall–Kier alpha value is -1.89. The van der Waals surface area contributed by atoms with Crippen LogP contribution in [-0.4, -0.2) is 70.3 Å². The predicted molar refractivity (Wildman–Crippen MR) is 88.4 cm³/mol. The first-order valence-electron chi connectivity index (χ1n) is 8.71. The Labute approximate surface area is 142 Å². The van der Waals surface area contributed by atoms with E-state index >= 15 is 0 Å². The zero-order chi connectivity index (χ0) is 17.1. The summed E-state index contributed by atoms with van der Waals surface area (Å²) in [6, 6.07) is -0.318. The van der Waals surface area contributed by atoms with Crippen LogP contribution in [0.1, 0.15) is 30.5 Å². The zero-order valence-corrected chi connectivity index (χ0v) is 14.5. The maximum Gasteiger partial charge on any atom is 0.245 e. The molecule has 3 rings (SSSR count). The molecule has 0 radical (unpaired) electrons. The molecule has 1 unspecified atom stereocenters. The van der Waals surface area contributed by atoms with Gasteiger partial charge in [-0.05, 0) is 26.2 Å². The number of ether oxygens (including phenoxy) is 1. The van der Waals surface area contributed by atoms with Gasteiger partial charge in [-0.2, -0.15) is 5.10 Å². The summed E-state index contributed by atoms with van der Waals surface area (Å²) in [5, 5.41) is 4.20. The van der Waals surface area contributed by atoms with E-state index in [9.17, 15) is 9.59 Å². The van der Waals surface area contributed by atoms with E-state index in [4.69, 9.17) is 4.74 Å². The number of rotatable bonds is 3. The summed E-state index contributed by atoms with van der Waals surface area (Å²) in [5.74, 6) is 0.103. The average molecular weight is 334 g/mol. The van der Waals surface area contributed by atoms with Crippen molar-refractivity contribution in [3.8, 4) is 0 Å². The lowest BCUT2D eigenvalue weighted by Gasteiger charge is -2.38. The van der Waals surface area contributed by atoms with Gasteiger partial charge in [-0.3, -0.25) is 14.3 Å². The van der Waals surface area contributed by atoms with Gasteiger partial charge >= 0.3 is 0 Å². The Bertz CT molecular complexity index is 607. The minimum absolute atomic E-state index is 0.0254. The van der Waals surface area contributed by atoms with Crippen molar-refractivity contribution >= 4 is 11.8 Å². The standard InChI is InChI=1S/C17H26N4O3/c1-13-14(12-18-19(13)2)11-16(22)21-6-4-3-5-15(21)17(23)20-7-9-24-10-8-20/h12,15H,3-11H2,1-2H3. The average Bonchev–Trinajstić information content (AvgIpc) is 2.94. The van der Waals surface area contributed by atoms with E-state index in [1.54, 1.807) is 15.8 Å². The molecule has 0 spiro atoms. The molecule has 3 heterocycles. The van der Waals surface area contributed by atoms with Gasteiger partial charge in [0.05, 0.1) is 25.8 Å². The summed E-state index contributed by atoms with van der Waals surface area (Å²) in [6.45, 7) is 5.04. The number of morpholine rings is 1. The van der Waals surface area contributed by atoms with E-state index in [1.807, 2.05) is 18.9 Å². The third-order valence-corrected chi connectivity index (χ3v) is 5.11. The fourth-order valence-electron chi connectivity index (χ4n) is 3.46. The Morgan fingerprint density at radius 2 is 2.00 bits per heavy atom. The smallest absolute Gasteiger partial charge is 0.245 e. The molecule has 2 aliphatic heterocycles. The van der Waals surface area contributed by atoms with Crippen LogP contribution in [0.15, 0.2) is 6.20 Å². The Kier molecular flexibility index (Phi) is 5.18. The van der Waals surface area contributed by atoms with Crippen molar-refractivity contribution in [1.82, 2.24) is 19.6 Å². The van der Waals surface area contributed by atoms with Crippen molar-refractivity contribution in [3.63, 3.8) is 0 Å². The van der Waals surface area contributed by atoms with Crippen molar-refractivity contribution in [2.45, 2.75) is 38.6 Å². The van der Waals surface area contributed by atoms with E-state index in [0.29, 0.717) is 39.3 Å². The van der Waals surface area contributed by atoms with E-state index in [1.165, 1.54) is 0 Å². The fourth-order valence-corrected chi connectivity index (χ4v) is 3.46. The quantitative estimate of drug-likeness (QED) is 0.808. The molecule has 1 aromatic heterocycles. The number of likely N-dealkylation sites (tertiary alicyclic amines) is 1. The third-order valence-electron chi connectivity index (χ3n) is 5.11. The van der Waals surface area contributed by atoms with Crippen molar-refractivity contribution in [1.29, 1.82) is 0 Å². The summed E-state index contributed by atoms with van der Waals surface area (Å²) < 4.78 is 7.10. The number of nitrogens with zero attached hydrogens (tertiary/aromatic N) is 4. The summed E-state index contributed by atoms with van der Waals surface area (Å²) >= 11 is 0. The molecular weight excluding hydrogens is 308 g/mol. The molecular formula is C17H26N4O3. The van der Waals surface area contributed by atoms with Gasteiger partial charge in [-0.25, -0.2) is 0 Å². The van der Waals surface area contributed by atoms with E-state index in [2.05, 4.69) is 5.10 Å². The Morgan fingerprint density at radius 3 is 2.67 bits per heavy atom. The van der Waals surface area contributed by atoms with E-state index in [-0.39, 0.29) is 17.9 Å². The van der Waals surface area contributed by atoms with Crippen molar-refractivity contribution in [2.75, 3.05) is 32.8 Å². The van der Waals surface area contributed by atoms with Crippen LogP contribution in [0, 0.1) is 6.92 Å². The molecule has 2 amide bonds. The number of piperidine rings is 1. The SMILES string of the molecule is Cc1c(CC(=O)N2CCCCC2C(=O)N2CCOCC2)cnn1C. The van der Waals surface area contributed by atoms with Gasteiger partial charge in [0.25, 0.3) is 0 Å². The molecule has 0 aromatic carbocycles. The van der Waals surface area contributed by atoms with Crippen molar-refractivity contribution < 1.29 is 14.3 Å². The number of amides is 2. The summed E-state index contributed by atoms with van der Waals surface area (Å²) in [7, 11) is 1.87. The number of hydrogen-bond donors (Lipinski definition) is 0. The van der Waals surface area contributed by atoms with Gasteiger partial charge in [0.2, 0.25) is 11.8 Å². The van der Waals surface area contributed by atoms with Gasteiger partial charge in [0, 0.05) is 37.9 Å². The summed E-state index contributed by atoms with van der Waals surface area (Å²) in [6.07, 6.45) is 4.78. The predicted octanol–water partition coefficient (Wildman–Crippen LogP) is 0.511. The Morgan fingerprint density at radius 1 is 1.25 bits per heavy atom. The van der Waals surface area contributed by atoms with Crippen molar-refractivity contribution in [3.05, 3.63) is 17.5 Å². The Balaban J connectivity index is 1.70. The topological polar surface area (TPSA) is 67.7 Å². The minimum atomic E-state index is -0.318. The normalized spacial score (nSPS) is 21.8. The van der Waals surface area contributed by atoms with Crippen LogP contribution in [0.4, 0.5) is 0 Å². The fraction of sp³-hybridized carbons (Fsp3) is 0.706. The molecule has 7 nitrogen and oxygen atoms in total. The molecule has 0 saturated carbocycles. The third kappa shape index (κ3) is 3.45. The first-order chi connectivity index (χ1) is 11.6. The lowest BCUT2D eigenvalue weighted by Crippen LogP contribution is -2.55. The molecule has 0 aliphatic carbocycles. The maximum atomic E-state index is 12.9. The largest absolute Gasteiger partial charge is 0.378 e. The summed E-state index contributed by atoms with van der Waals surface area (Å²) in [5.41, 5.74) is 1.93. The highest BCUT2D eigenvalue weighted by Gasteiger charge is 2.35. The second-order valence-corrected chi connectivity index (χ2v) is 6.59. The second-order valence-electron chi connectivity index (χ2n) is 6.59. The first-order valence-corrected chi connectivity index (χ1v) is 8.71. The van der Waals surface area contributed by atoms with Gasteiger partial charge in [0.15, 0.2) is 0 Å². The zero-order valence-electron chi connectivity index (χ0n) is 14.5. The molecule has 0 N–H and O–H groups in total. The summed E-state index contributed by atoms with van der Waals surface area (Å²) in [4.78, 5) is 29.3. The molecule has 24 heavy (non-hydrogen) atoms. The lowest BCUT2D eigenvalue weighted by molar-refractivity contribution is -0.149. The second kappa shape index (κ2) is 7.34. The van der Waals surface area contributed by atoms with E-state index < -0.39 is 0 Å². The van der Waals surface area contributed by atoms with Crippen LogP contribution in [-0.2, 0) is 27.8 Å². The number of aromatic nitrogens is 2. The maximum absolute atomic E-state index is 12.9. The van der Waals surface area contributed by atoms with Crippen LogP contribution < -0.4 is 0 Å². The molecule has 0 bridgehead atoms. The monoisotopic (exact) mass is 334 g/mol. The molecule has 2 aliphatic rings. The van der Waals surface area contributed by atoms with Gasteiger partial charge in [-0.1, -0.05) is 0 Å². The molecule has 2 fully saturated rings. The van der Waals surface area contributed by atoms with Crippen LogP contribution in [0.3, 0.4) is 0 Å². The number of hydrogen-bond acceptors (Lipinski definition) is 4. The highest BCUT2D eigenvalue weighted by atomic mass is 16.5. The minimum Gasteiger partial charge on any atom is -0.378 e. The number of aryl methyl sites for hydroxylation is 1. The van der Waals surface area contributed by atoms with E-state index in [0.717, 1.165) is 30.5 Å². The molecule has 2 saturated heterocycles. The molecule has 1 atom stereocenters. The van der Waals surface area contributed by atoms with Gasteiger partial charge < -0.3 is 14.5 Å². The van der Waals surface area contributed by atoms with Crippen LogP contribution >= 0.6 is 0 Å². The van der Waals surface area contributed by atoms with Gasteiger partial charge in [0.1, 0.15) is 6.04 Å². The lowest BCUT2D eigenvalue weighted by atomic mass is 9.99. The highest BCUT2D eigenvalue weighted by molar-refractivity contribution is 5.88. The first kappa shape index (κ1) is 17.0. The molecule has 132 valence electrons. The highest BCUT2D eigenvalue weighted by Crippen LogP contribution is 2.21. The molecule has 1 aromatic rings. The van der Waals surface area contributed by atoms with Crippen molar-refractivity contribution in [2.24, 2.45) is 7.05 Å². The van der Waals surface area contributed by atoms with Crippen LogP contribution in [0.5, 0.6) is 0 Å². The van der Waals surface area contributed by atoms with Crippen LogP contribution in [0.25, 0.3) is 0 Å². The van der Waals surface area contributed by atoms with Gasteiger partial charge in [-0.15, -0.1) is 0 Å².